The summed E-state index contributed by atoms with van der Waals surface area (Å²) in [5.74, 6) is -0.127. The molecule has 2 aromatic carbocycles. The fourth-order valence-corrected chi connectivity index (χ4v) is 3.63. The normalized spacial score (nSPS) is 11.9. The van der Waals surface area contributed by atoms with Gasteiger partial charge in [-0.25, -0.2) is 4.39 Å². The highest BCUT2D eigenvalue weighted by Crippen LogP contribution is 2.32. The summed E-state index contributed by atoms with van der Waals surface area (Å²) in [5, 5.41) is 0. The fourth-order valence-electron chi connectivity index (χ4n) is 3.63. The predicted molar refractivity (Wildman–Crippen MR) is 110 cm³/mol. The average molecular weight is 368 g/mol. The summed E-state index contributed by atoms with van der Waals surface area (Å²) in [6.45, 7) is 0. The molecule has 0 aliphatic carbocycles. The van der Waals surface area contributed by atoms with Gasteiger partial charge < -0.3 is 0 Å². The number of hydrogen-bond donors (Lipinski definition) is 0. The van der Waals surface area contributed by atoms with Crippen LogP contribution in [0.15, 0.2) is 97.6 Å². The maximum atomic E-state index is 14.1. The Labute approximate surface area is 164 Å². The third kappa shape index (κ3) is 4.32. The molecule has 0 spiro atoms. The van der Waals surface area contributed by atoms with Crippen LogP contribution < -0.4 is 0 Å². The summed E-state index contributed by atoms with van der Waals surface area (Å²) in [6.07, 6.45) is 8.83. The van der Waals surface area contributed by atoms with E-state index in [9.17, 15) is 4.39 Å². The molecule has 0 radical (unpaired) electrons. The van der Waals surface area contributed by atoms with Crippen molar-refractivity contribution >= 4 is 0 Å². The minimum absolute atomic E-state index is 0.0808. The second-order valence-corrected chi connectivity index (χ2v) is 6.91. The van der Waals surface area contributed by atoms with Gasteiger partial charge in [-0.3, -0.25) is 9.97 Å². The van der Waals surface area contributed by atoms with Crippen molar-refractivity contribution in [1.82, 2.24) is 9.97 Å². The molecule has 0 saturated heterocycles. The van der Waals surface area contributed by atoms with Gasteiger partial charge in [0.25, 0.3) is 0 Å². The van der Waals surface area contributed by atoms with Crippen molar-refractivity contribution in [2.24, 2.45) is 0 Å². The van der Waals surface area contributed by atoms with Crippen LogP contribution in [-0.4, -0.2) is 9.97 Å². The van der Waals surface area contributed by atoms with Gasteiger partial charge in [0.2, 0.25) is 0 Å². The molecule has 0 saturated carbocycles. The van der Waals surface area contributed by atoms with Gasteiger partial charge >= 0.3 is 0 Å². The zero-order valence-electron chi connectivity index (χ0n) is 15.5. The summed E-state index contributed by atoms with van der Waals surface area (Å²) in [6, 6.07) is 23.4. The van der Waals surface area contributed by atoms with E-state index in [1.165, 1.54) is 5.56 Å². The Hall–Kier alpha value is -3.33. The molecule has 2 nitrogen and oxygen atoms in total. The van der Waals surface area contributed by atoms with Crippen LogP contribution in [0.25, 0.3) is 0 Å². The van der Waals surface area contributed by atoms with E-state index >= 15 is 0 Å². The third-order valence-corrected chi connectivity index (χ3v) is 4.97. The van der Waals surface area contributed by atoms with Crippen molar-refractivity contribution in [1.29, 1.82) is 0 Å². The molecule has 1 unspecified atom stereocenters. The minimum atomic E-state index is -0.207. The number of hydrogen-bond acceptors (Lipinski definition) is 2. The Bertz CT molecular complexity index is 1020. The van der Waals surface area contributed by atoms with Crippen LogP contribution in [0, 0.1) is 5.82 Å². The monoisotopic (exact) mass is 368 g/mol. The first-order chi connectivity index (χ1) is 13.8. The average Bonchev–Trinajstić information content (AvgIpc) is 2.75. The first-order valence-corrected chi connectivity index (χ1v) is 9.40. The Kier molecular flexibility index (Phi) is 5.53. The van der Waals surface area contributed by atoms with Gasteiger partial charge in [-0.15, -0.1) is 0 Å². The van der Waals surface area contributed by atoms with E-state index in [0.717, 1.165) is 28.7 Å². The Morgan fingerprint density at radius 2 is 1.50 bits per heavy atom. The Morgan fingerprint density at radius 1 is 0.750 bits per heavy atom. The maximum Gasteiger partial charge on any atom is 0.123 e. The highest BCUT2D eigenvalue weighted by molar-refractivity contribution is 5.41. The number of aromatic nitrogens is 2. The molecule has 138 valence electrons. The Balaban J connectivity index is 1.77. The summed E-state index contributed by atoms with van der Waals surface area (Å²) in [4.78, 5) is 8.57. The van der Waals surface area contributed by atoms with Crippen LogP contribution in [0.4, 0.5) is 4.39 Å². The molecule has 3 heteroatoms. The largest absolute Gasteiger partial charge is 0.264 e. The lowest BCUT2D eigenvalue weighted by Crippen LogP contribution is -2.09. The molecular formula is C25H21FN2. The van der Waals surface area contributed by atoms with Crippen molar-refractivity contribution in [3.05, 3.63) is 131 Å². The van der Waals surface area contributed by atoms with E-state index < -0.39 is 0 Å². The second kappa shape index (κ2) is 8.57. The highest BCUT2D eigenvalue weighted by Gasteiger charge is 2.19. The SMILES string of the molecule is Fc1ccc(C(Cc2cccnc2)c2cccnc2)c(Cc2ccccc2)c1. The van der Waals surface area contributed by atoms with Crippen LogP contribution in [0.3, 0.4) is 0 Å². The lowest BCUT2D eigenvalue weighted by molar-refractivity contribution is 0.623. The van der Waals surface area contributed by atoms with Gasteiger partial charge in [0.15, 0.2) is 0 Å². The maximum absolute atomic E-state index is 14.1. The number of benzene rings is 2. The van der Waals surface area contributed by atoms with Gasteiger partial charge in [-0.1, -0.05) is 48.5 Å². The minimum Gasteiger partial charge on any atom is -0.264 e. The molecule has 0 aliphatic heterocycles. The topological polar surface area (TPSA) is 25.8 Å². The first-order valence-electron chi connectivity index (χ1n) is 9.40. The molecule has 4 rings (SSSR count). The summed E-state index contributed by atoms with van der Waals surface area (Å²) < 4.78 is 14.1. The van der Waals surface area contributed by atoms with Gasteiger partial charge in [0.05, 0.1) is 0 Å². The lowest BCUT2D eigenvalue weighted by Gasteiger charge is -2.21. The summed E-state index contributed by atoms with van der Waals surface area (Å²) in [5.41, 5.74) is 5.56. The molecule has 4 aromatic rings. The molecule has 1 atom stereocenters. The zero-order valence-corrected chi connectivity index (χ0v) is 15.5. The number of pyridine rings is 2. The van der Waals surface area contributed by atoms with E-state index in [1.807, 2.05) is 48.8 Å². The molecule has 0 bridgehead atoms. The summed E-state index contributed by atoms with van der Waals surface area (Å²) in [7, 11) is 0. The van der Waals surface area contributed by atoms with Crippen molar-refractivity contribution in [3.63, 3.8) is 0 Å². The van der Waals surface area contributed by atoms with Gasteiger partial charge in [-0.2, -0.15) is 0 Å². The quantitative estimate of drug-likeness (QED) is 0.444. The third-order valence-electron chi connectivity index (χ3n) is 4.97. The molecule has 0 N–H and O–H groups in total. The van der Waals surface area contributed by atoms with E-state index in [0.29, 0.717) is 6.42 Å². The molecule has 2 aromatic heterocycles. The predicted octanol–water partition coefficient (Wildman–Crippen LogP) is 5.58. The van der Waals surface area contributed by atoms with Crippen LogP contribution in [0.2, 0.25) is 0 Å². The summed E-state index contributed by atoms with van der Waals surface area (Å²) >= 11 is 0. The van der Waals surface area contributed by atoms with E-state index in [2.05, 4.69) is 34.2 Å². The van der Waals surface area contributed by atoms with Crippen molar-refractivity contribution in [2.45, 2.75) is 18.8 Å². The van der Waals surface area contributed by atoms with E-state index in [-0.39, 0.29) is 11.7 Å². The number of halogens is 1. The van der Waals surface area contributed by atoms with E-state index in [4.69, 9.17) is 0 Å². The van der Waals surface area contributed by atoms with Crippen LogP contribution in [0.5, 0.6) is 0 Å². The standard InChI is InChI=1S/C25H21FN2/c26-23-10-11-24(22(16-23)14-19-6-2-1-3-7-19)25(21-9-5-13-28-18-21)15-20-8-4-12-27-17-20/h1-13,16-18,25H,14-15H2. The van der Waals surface area contributed by atoms with Crippen LogP contribution >= 0.6 is 0 Å². The molecular weight excluding hydrogens is 347 g/mol. The first kappa shape index (κ1) is 18.1. The van der Waals surface area contributed by atoms with Gasteiger partial charge in [0, 0.05) is 30.7 Å². The smallest absolute Gasteiger partial charge is 0.123 e. The van der Waals surface area contributed by atoms with Crippen molar-refractivity contribution < 1.29 is 4.39 Å². The second-order valence-electron chi connectivity index (χ2n) is 6.91. The number of nitrogens with zero attached hydrogens (tertiary/aromatic N) is 2. The highest BCUT2D eigenvalue weighted by atomic mass is 19.1. The zero-order chi connectivity index (χ0) is 19.2. The molecule has 28 heavy (non-hydrogen) atoms. The molecule has 2 heterocycles. The van der Waals surface area contributed by atoms with Gasteiger partial charge in [0.1, 0.15) is 5.82 Å². The van der Waals surface area contributed by atoms with E-state index in [1.54, 1.807) is 24.5 Å². The van der Waals surface area contributed by atoms with Crippen LogP contribution in [0.1, 0.15) is 33.7 Å². The fraction of sp³-hybridized carbons (Fsp3) is 0.120. The molecule has 0 fully saturated rings. The van der Waals surface area contributed by atoms with Crippen molar-refractivity contribution in [3.8, 4) is 0 Å². The van der Waals surface area contributed by atoms with Crippen LogP contribution in [-0.2, 0) is 12.8 Å². The van der Waals surface area contributed by atoms with Gasteiger partial charge in [-0.05, 0) is 64.9 Å². The number of rotatable bonds is 6. The molecule has 0 amide bonds. The Morgan fingerprint density at radius 3 is 2.21 bits per heavy atom. The lowest BCUT2D eigenvalue weighted by atomic mass is 9.83. The van der Waals surface area contributed by atoms with Crippen molar-refractivity contribution in [2.75, 3.05) is 0 Å². The molecule has 0 aliphatic rings.